The lowest BCUT2D eigenvalue weighted by molar-refractivity contribution is -0.159. The first kappa shape index (κ1) is 41.6. The predicted molar refractivity (Wildman–Crippen MR) is 202 cm³/mol. The molecule has 52 heavy (non-hydrogen) atoms. The van der Waals surface area contributed by atoms with Gasteiger partial charge in [0, 0.05) is 18.9 Å². The third-order valence-electron chi connectivity index (χ3n) is 8.19. The number of amides is 3. The minimum Gasteiger partial charge on any atom is -0.508 e. The summed E-state index contributed by atoms with van der Waals surface area (Å²) in [4.78, 5) is 58.2. The number of hydrogen-bond acceptors (Lipinski definition) is 7. The first-order chi connectivity index (χ1) is 24.3. The standard InChI is InChI=1S/C42H57N3O7/c1-28(2)20-21-29(3)45(38(48)34(44-40(50)52-42(7,8)9)26-31-22-24-33(46)25-23-31)36(32-18-14-11-15-19-32)37(47)43-35(39(49)51-41(4,5)6)27-30-16-12-10-13-17-30/h10-19,22-25,28-29,34-36,46H,20-21,26-27H2,1-9H3,(H,43,47)(H,44,50). The summed E-state index contributed by atoms with van der Waals surface area (Å²) < 4.78 is 11.3. The zero-order valence-corrected chi connectivity index (χ0v) is 32.1. The zero-order chi connectivity index (χ0) is 38.6. The van der Waals surface area contributed by atoms with E-state index >= 15 is 4.79 Å². The van der Waals surface area contributed by atoms with Crippen molar-refractivity contribution in [1.29, 1.82) is 0 Å². The Morgan fingerprint density at radius 2 is 1.19 bits per heavy atom. The summed E-state index contributed by atoms with van der Waals surface area (Å²) in [6.45, 7) is 16.6. The molecule has 3 amide bonds. The normalized spacial score (nSPS) is 14.0. The average molecular weight is 716 g/mol. The largest absolute Gasteiger partial charge is 0.508 e. The molecule has 0 saturated heterocycles. The van der Waals surface area contributed by atoms with Crippen LogP contribution in [0.25, 0.3) is 0 Å². The van der Waals surface area contributed by atoms with Crippen molar-refractivity contribution in [2.45, 2.75) is 123 Å². The maximum atomic E-state index is 15.1. The van der Waals surface area contributed by atoms with Crippen LogP contribution in [0.3, 0.4) is 0 Å². The lowest BCUT2D eigenvalue weighted by atomic mass is 9.95. The van der Waals surface area contributed by atoms with Crippen molar-refractivity contribution in [3.05, 3.63) is 102 Å². The predicted octanol–water partition coefficient (Wildman–Crippen LogP) is 7.29. The van der Waals surface area contributed by atoms with Crippen LogP contribution >= 0.6 is 0 Å². The fraction of sp³-hybridized carbons (Fsp3) is 0.476. The Morgan fingerprint density at radius 3 is 1.73 bits per heavy atom. The Morgan fingerprint density at radius 1 is 0.673 bits per heavy atom. The van der Waals surface area contributed by atoms with Gasteiger partial charge in [-0.05, 0) is 96.0 Å². The van der Waals surface area contributed by atoms with Crippen molar-refractivity contribution in [3.63, 3.8) is 0 Å². The second kappa shape index (κ2) is 18.6. The number of aromatic hydroxyl groups is 1. The zero-order valence-electron chi connectivity index (χ0n) is 32.1. The van der Waals surface area contributed by atoms with Gasteiger partial charge in [0.05, 0.1) is 0 Å². The number of carbonyl (C=O) groups is 4. The molecule has 3 aromatic carbocycles. The van der Waals surface area contributed by atoms with Gasteiger partial charge in [0.15, 0.2) is 0 Å². The molecule has 0 aliphatic heterocycles. The van der Waals surface area contributed by atoms with Gasteiger partial charge in [-0.1, -0.05) is 86.6 Å². The summed E-state index contributed by atoms with van der Waals surface area (Å²) in [5.41, 5.74) is 0.396. The molecule has 0 fully saturated rings. The number of nitrogens with zero attached hydrogens (tertiary/aromatic N) is 1. The second-order valence-corrected chi connectivity index (χ2v) is 15.7. The van der Waals surface area contributed by atoms with Gasteiger partial charge >= 0.3 is 12.1 Å². The van der Waals surface area contributed by atoms with E-state index in [1.807, 2.05) is 43.3 Å². The van der Waals surface area contributed by atoms with E-state index in [2.05, 4.69) is 24.5 Å². The van der Waals surface area contributed by atoms with E-state index in [0.717, 1.165) is 12.0 Å². The van der Waals surface area contributed by atoms with Gasteiger partial charge in [-0.3, -0.25) is 9.59 Å². The molecule has 10 heteroatoms. The highest BCUT2D eigenvalue weighted by atomic mass is 16.6. The Bertz CT molecular complexity index is 1600. The number of ether oxygens (including phenoxy) is 2. The Kier molecular flexibility index (Phi) is 14.8. The minimum absolute atomic E-state index is 0.0590. The highest BCUT2D eigenvalue weighted by Gasteiger charge is 2.40. The van der Waals surface area contributed by atoms with E-state index in [-0.39, 0.29) is 18.6 Å². The first-order valence-electron chi connectivity index (χ1n) is 18.0. The quantitative estimate of drug-likeness (QED) is 0.141. The number of carbonyl (C=O) groups excluding carboxylic acids is 4. The van der Waals surface area contributed by atoms with Gasteiger partial charge in [0.2, 0.25) is 11.8 Å². The molecule has 0 radical (unpaired) electrons. The third-order valence-corrected chi connectivity index (χ3v) is 8.19. The minimum atomic E-state index is -1.18. The van der Waals surface area contributed by atoms with Crippen molar-refractivity contribution in [1.82, 2.24) is 15.5 Å². The first-order valence-corrected chi connectivity index (χ1v) is 18.0. The molecule has 0 heterocycles. The van der Waals surface area contributed by atoms with Crippen molar-refractivity contribution < 1.29 is 33.8 Å². The number of phenolic OH excluding ortho intramolecular Hbond substituents is 1. The van der Waals surface area contributed by atoms with Gasteiger partial charge in [-0.2, -0.15) is 0 Å². The van der Waals surface area contributed by atoms with E-state index in [9.17, 15) is 19.5 Å². The fourth-order valence-corrected chi connectivity index (χ4v) is 5.75. The van der Waals surface area contributed by atoms with Gasteiger partial charge in [-0.25, -0.2) is 9.59 Å². The lowest BCUT2D eigenvalue weighted by Crippen LogP contribution is -2.57. The number of phenols is 1. The maximum Gasteiger partial charge on any atom is 0.408 e. The van der Waals surface area contributed by atoms with Crippen LogP contribution in [0.4, 0.5) is 4.79 Å². The molecule has 0 spiro atoms. The summed E-state index contributed by atoms with van der Waals surface area (Å²) >= 11 is 0. The molecular weight excluding hydrogens is 658 g/mol. The molecule has 0 bridgehead atoms. The van der Waals surface area contributed by atoms with E-state index in [4.69, 9.17) is 9.47 Å². The van der Waals surface area contributed by atoms with E-state index in [0.29, 0.717) is 23.5 Å². The Hall–Kier alpha value is -4.86. The van der Waals surface area contributed by atoms with Crippen LogP contribution in [0.15, 0.2) is 84.9 Å². The highest BCUT2D eigenvalue weighted by molar-refractivity contribution is 5.94. The van der Waals surface area contributed by atoms with Crippen LogP contribution in [0.2, 0.25) is 0 Å². The lowest BCUT2D eigenvalue weighted by Gasteiger charge is -2.39. The molecule has 0 aromatic heterocycles. The summed E-state index contributed by atoms with van der Waals surface area (Å²) in [5.74, 6) is -1.29. The molecule has 282 valence electrons. The molecule has 0 saturated carbocycles. The highest BCUT2D eigenvalue weighted by Crippen LogP contribution is 2.29. The number of rotatable bonds is 15. The van der Waals surface area contributed by atoms with Crippen molar-refractivity contribution >= 4 is 23.9 Å². The molecule has 0 aliphatic rings. The van der Waals surface area contributed by atoms with Crippen LogP contribution in [0.5, 0.6) is 5.75 Å². The summed E-state index contributed by atoms with van der Waals surface area (Å²) in [6.07, 6.45) is 0.781. The van der Waals surface area contributed by atoms with Crippen LogP contribution in [0, 0.1) is 5.92 Å². The monoisotopic (exact) mass is 715 g/mol. The number of hydrogen-bond donors (Lipinski definition) is 3. The van der Waals surface area contributed by atoms with Crippen LogP contribution in [-0.4, -0.2) is 63.2 Å². The molecule has 3 rings (SSSR count). The van der Waals surface area contributed by atoms with Gasteiger partial charge < -0.3 is 30.1 Å². The molecular formula is C42H57N3O7. The summed E-state index contributed by atoms with van der Waals surface area (Å²) in [5, 5.41) is 15.7. The fourth-order valence-electron chi connectivity index (χ4n) is 5.75. The van der Waals surface area contributed by atoms with E-state index in [1.54, 1.807) is 77.9 Å². The molecule has 4 unspecified atom stereocenters. The topological polar surface area (TPSA) is 134 Å². The Balaban J connectivity index is 2.15. The SMILES string of the molecule is CC(C)CCC(C)N(C(=O)C(Cc1ccc(O)cc1)NC(=O)OC(C)(C)C)C(C(=O)NC(Cc1ccccc1)C(=O)OC(C)(C)C)c1ccccc1. The van der Waals surface area contributed by atoms with E-state index in [1.165, 1.54) is 17.0 Å². The van der Waals surface area contributed by atoms with Crippen molar-refractivity contribution in [2.75, 3.05) is 0 Å². The molecule has 3 aromatic rings. The van der Waals surface area contributed by atoms with Crippen molar-refractivity contribution in [3.8, 4) is 5.75 Å². The average Bonchev–Trinajstić information content (AvgIpc) is 3.05. The number of esters is 1. The summed E-state index contributed by atoms with van der Waals surface area (Å²) in [7, 11) is 0. The van der Waals surface area contributed by atoms with Gasteiger partial charge in [-0.15, -0.1) is 0 Å². The molecule has 10 nitrogen and oxygen atoms in total. The van der Waals surface area contributed by atoms with Crippen LogP contribution in [-0.2, 0) is 36.7 Å². The van der Waals surface area contributed by atoms with Gasteiger partial charge in [0.25, 0.3) is 0 Å². The smallest absolute Gasteiger partial charge is 0.408 e. The Labute approximate surface area is 309 Å². The van der Waals surface area contributed by atoms with Crippen LogP contribution < -0.4 is 10.6 Å². The van der Waals surface area contributed by atoms with Crippen LogP contribution in [0.1, 0.15) is 97.9 Å². The second-order valence-electron chi connectivity index (χ2n) is 15.7. The molecule has 0 aliphatic carbocycles. The number of benzene rings is 3. The summed E-state index contributed by atoms with van der Waals surface area (Å²) in [6, 6.07) is 20.8. The maximum absolute atomic E-state index is 15.1. The third kappa shape index (κ3) is 13.7. The number of nitrogens with one attached hydrogen (secondary N) is 2. The van der Waals surface area contributed by atoms with E-state index < -0.39 is 59.2 Å². The molecule has 3 N–H and O–H groups in total. The van der Waals surface area contributed by atoms with Crippen molar-refractivity contribution in [2.24, 2.45) is 5.92 Å². The number of alkyl carbamates (subject to hydrolysis) is 1. The van der Waals surface area contributed by atoms with Gasteiger partial charge in [0.1, 0.15) is 35.1 Å². The molecule has 4 atom stereocenters.